The number of aryl methyl sites for hydroxylation is 1. The predicted molar refractivity (Wildman–Crippen MR) is 99.5 cm³/mol. The molecule has 25 heavy (non-hydrogen) atoms. The molecule has 0 spiro atoms. The zero-order valence-electron chi connectivity index (χ0n) is 14.4. The number of aromatic nitrogens is 2. The van der Waals surface area contributed by atoms with Gasteiger partial charge in [-0.15, -0.1) is 0 Å². The summed E-state index contributed by atoms with van der Waals surface area (Å²) in [5.74, 6) is 1.63. The monoisotopic (exact) mass is 335 g/mol. The molecule has 0 saturated carbocycles. The van der Waals surface area contributed by atoms with Crippen molar-refractivity contribution in [2.45, 2.75) is 13.5 Å². The molecule has 0 radical (unpaired) electrons. The Balaban J connectivity index is 1.55. The minimum Gasteiger partial charge on any atom is -0.497 e. The summed E-state index contributed by atoms with van der Waals surface area (Å²) in [4.78, 5) is 16.5. The van der Waals surface area contributed by atoms with E-state index in [2.05, 4.69) is 14.9 Å². The number of methoxy groups -OCH3 is 1. The number of para-hydroxylation sites is 2. The van der Waals surface area contributed by atoms with Gasteiger partial charge in [0, 0.05) is 19.2 Å². The Hall–Kier alpha value is -3.08. The molecule has 2 aromatic carbocycles. The Morgan fingerprint density at radius 1 is 1.20 bits per heavy atom. The lowest BCUT2D eigenvalue weighted by molar-refractivity contribution is -0.116. The third-order valence-electron chi connectivity index (χ3n) is 4.02. The molecule has 128 valence electrons. The zero-order chi connectivity index (χ0) is 17.6. The predicted octanol–water partition coefficient (Wildman–Crippen LogP) is 3.18. The molecule has 0 aliphatic heterocycles. The molecule has 0 aliphatic carbocycles. The van der Waals surface area contributed by atoms with E-state index in [1.807, 2.05) is 55.5 Å². The van der Waals surface area contributed by atoms with Crippen LogP contribution in [-0.4, -0.2) is 29.1 Å². The Bertz CT molecular complexity index is 895. The van der Waals surface area contributed by atoms with Crippen molar-refractivity contribution < 1.29 is 9.53 Å². The lowest BCUT2D eigenvalue weighted by Gasteiger charge is -2.07. The van der Waals surface area contributed by atoms with Crippen molar-refractivity contribution in [3.05, 3.63) is 66.0 Å². The second kappa shape index (κ2) is 7.66. The molecule has 0 unspecified atom stereocenters. The van der Waals surface area contributed by atoms with Crippen LogP contribution < -0.4 is 10.1 Å². The molecular weight excluding hydrogens is 314 g/mol. The number of ether oxygens (including phenoxy) is 1. The van der Waals surface area contributed by atoms with Crippen LogP contribution in [0.25, 0.3) is 17.1 Å². The van der Waals surface area contributed by atoms with Crippen LogP contribution in [0.1, 0.15) is 11.4 Å². The maximum absolute atomic E-state index is 12.0. The Kier molecular flexibility index (Phi) is 5.14. The fourth-order valence-electron chi connectivity index (χ4n) is 2.71. The molecule has 1 amide bonds. The van der Waals surface area contributed by atoms with Crippen molar-refractivity contribution in [1.82, 2.24) is 14.9 Å². The van der Waals surface area contributed by atoms with Crippen molar-refractivity contribution in [1.29, 1.82) is 0 Å². The van der Waals surface area contributed by atoms with Crippen molar-refractivity contribution in [2.24, 2.45) is 0 Å². The number of carbonyl (C=O) groups excluding carboxylic acids is 1. The fourth-order valence-corrected chi connectivity index (χ4v) is 2.71. The maximum Gasteiger partial charge on any atom is 0.244 e. The van der Waals surface area contributed by atoms with Gasteiger partial charge in [-0.3, -0.25) is 4.79 Å². The number of nitrogens with one attached hydrogen (secondary N) is 1. The topological polar surface area (TPSA) is 56.1 Å². The Labute approximate surface area is 146 Å². The molecule has 1 heterocycles. The molecule has 5 nitrogen and oxygen atoms in total. The zero-order valence-corrected chi connectivity index (χ0v) is 14.4. The standard InChI is InChI=1S/C20H21N3O2/c1-15-22-18-5-3-4-6-19(18)23(15)14-13-21-20(24)12-9-16-7-10-17(25-2)11-8-16/h3-12H,13-14H2,1-2H3,(H,21,24). The Morgan fingerprint density at radius 2 is 1.96 bits per heavy atom. The third kappa shape index (κ3) is 4.07. The first-order valence-electron chi connectivity index (χ1n) is 8.19. The Morgan fingerprint density at radius 3 is 2.72 bits per heavy atom. The van der Waals surface area contributed by atoms with Gasteiger partial charge in [-0.05, 0) is 42.8 Å². The molecule has 0 bridgehead atoms. The summed E-state index contributed by atoms with van der Waals surface area (Å²) in [6, 6.07) is 15.6. The quantitative estimate of drug-likeness (QED) is 0.704. The number of hydrogen-bond donors (Lipinski definition) is 1. The number of amides is 1. The summed E-state index contributed by atoms with van der Waals surface area (Å²) in [5.41, 5.74) is 3.01. The summed E-state index contributed by atoms with van der Waals surface area (Å²) in [6.45, 7) is 3.22. The first-order chi connectivity index (χ1) is 12.2. The number of fused-ring (bicyclic) bond motifs is 1. The number of benzene rings is 2. The average molecular weight is 335 g/mol. The van der Waals surface area contributed by atoms with Gasteiger partial charge in [-0.25, -0.2) is 4.98 Å². The number of carbonyl (C=O) groups is 1. The molecule has 0 saturated heterocycles. The fraction of sp³-hybridized carbons (Fsp3) is 0.200. The van der Waals surface area contributed by atoms with Gasteiger partial charge in [0.2, 0.25) is 5.91 Å². The van der Waals surface area contributed by atoms with E-state index in [1.165, 1.54) is 0 Å². The van der Waals surface area contributed by atoms with E-state index in [-0.39, 0.29) is 5.91 Å². The van der Waals surface area contributed by atoms with Gasteiger partial charge in [-0.1, -0.05) is 24.3 Å². The summed E-state index contributed by atoms with van der Waals surface area (Å²) < 4.78 is 7.23. The van der Waals surface area contributed by atoms with E-state index in [4.69, 9.17) is 4.74 Å². The molecule has 3 aromatic rings. The minimum atomic E-state index is -0.113. The highest BCUT2D eigenvalue weighted by atomic mass is 16.5. The molecule has 0 aliphatic rings. The van der Waals surface area contributed by atoms with E-state index >= 15 is 0 Å². The van der Waals surface area contributed by atoms with Gasteiger partial charge in [0.05, 0.1) is 18.1 Å². The number of imidazole rings is 1. The van der Waals surface area contributed by atoms with Crippen LogP contribution in [0.4, 0.5) is 0 Å². The third-order valence-corrected chi connectivity index (χ3v) is 4.02. The van der Waals surface area contributed by atoms with Gasteiger partial charge in [0.1, 0.15) is 11.6 Å². The maximum atomic E-state index is 12.0. The van der Waals surface area contributed by atoms with Crippen molar-refractivity contribution in [3.8, 4) is 5.75 Å². The lowest BCUT2D eigenvalue weighted by atomic mass is 10.2. The molecule has 1 N–H and O–H groups in total. The summed E-state index contributed by atoms with van der Waals surface area (Å²) in [6.07, 6.45) is 3.33. The second-order valence-electron chi connectivity index (χ2n) is 5.70. The highest BCUT2D eigenvalue weighted by molar-refractivity contribution is 5.91. The van der Waals surface area contributed by atoms with Crippen LogP contribution in [0.15, 0.2) is 54.6 Å². The van der Waals surface area contributed by atoms with Crippen molar-refractivity contribution >= 4 is 23.0 Å². The van der Waals surface area contributed by atoms with Gasteiger partial charge >= 0.3 is 0 Å². The van der Waals surface area contributed by atoms with Crippen molar-refractivity contribution in [3.63, 3.8) is 0 Å². The minimum absolute atomic E-state index is 0.113. The molecule has 1 aromatic heterocycles. The first kappa shape index (κ1) is 16.8. The molecule has 3 rings (SSSR count). The number of hydrogen-bond acceptors (Lipinski definition) is 3. The van der Waals surface area contributed by atoms with Gasteiger partial charge in [-0.2, -0.15) is 0 Å². The van der Waals surface area contributed by atoms with Crippen LogP contribution >= 0.6 is 0 Å². The van der Waals surface area contributed by atoms with Crippen LogP contribution in [0.3, 0.4) is 0 Å². The van der Waals surface area contributed by atoms with E-state index in [1.54, 1.807) is 19.3 Å². The smallest absolute Gasteiger partial charge is 0.244 e. The largest absolute Gasteiger partial charge is 0.497 e. The average Bonchev–Trinajstić information content (AvgIpc) is 2.96. The molecule has 5 heteroatoms. The van der Waals surface area contributed by atoms with Gasteiger partial charge in [0.15, 0.2) is 0 Å². The number of rotatable bonds is 6. The van der Waals surface area contributed by atoms with E-state index in [9.17, 15) is 4.79 Å². The molecular formula is C20H21N3O2. The normalized spacial score (nSPS) is 11.1. The number of nitrogens with zero attached hydrogens (tertiary/aromatic N) is 2. The summed E-state index contributed by atoms with van der Waals surface area (Å²) >= 11 is 0. The first-order valence-corrected chi connectivity index (χ1v) is 8.19. The van der Waals surface area contributed by atoms with Crippen LogP contribution in [-0.2, 0) is 11.3 Å². The van der Waals surface area contributed by atoms with E-state index in [0.717, 1.165) is 28.2 Å². The second-order valence-corrected chi connectivity index (χ2v) is 5.70. The molecule has 0 atom stereocenters. The van der Waals surface area contributed by atoms with E-state index in [0.29, 0.717) is 13.1 Å². The van der Waals surface area contributed by atoms with Crippen LogP contribution in [0.2, 0.25) is 0 Å². The lowest BCUT2D eigenvalue weighted by Crippen LogP contribution is -2.25. The summed E-state index contributed by atoms with van der Waals surface area (Å²) in [7, 11) is 1.63. The van der Waals surface area contributed by atoms with Gasteiger partial charge < -0.3 is 14.6 Å². The van der Waals surface area contributed by atoms with Crippen LogP contribution in [0.5, 0.6) is 5.75 Å². The molecule has 0 fully saturated rings. The van der Waals surface area contributed by atoms with Crippen molar-refractivity contribution in [2.75, 3.05) is 13.7 Å². The highest BCUT2D eigenvalue weighted by Gasteiger charge is 2.06. The van der Waals surface area contributed by atoms with E-state index < -0.39 is 0 Å². The summed E-state index contributed by atoms with van der Waals surface area (Å²) in [5, 5.41) is 2.91. The van der Waals surface area contributed by atoms with Crippen LogP contribution in [0, 0.1) is 6.92 Å². The highest BCUT2D eigenvalue weighted by Crippen LogP contribution is 2.15. The van der Waals surface area contributed by atoms with Gasteiger partial charge in [0.25, 0.3) is 0 Å². The SMILES string of the molecule is COc1ccc(C=CC(=O)NCCn2c(C)nc3ccccc32)cc1.